The second kappa shape index (κ2) is 8.22. The molecule has 32 heavy (non-hydrogen) atoms. The molecule has 4 rings (SSSR count). The number of hydrogen-bond acceptors (Lipinski definition) is 4. The van der Waals surface area contributed by atoms with Crippen molar-refractivity contribution >= 4 is 35.0 Å². The average molecular weight is 455 g/mol. The molecule has 0 spiro atoms. The smallest absolute Gasteiger partial charge is 0.256 e. The molecule has 0 saturated carbocycles. The van der Waals surface area contributed by atoms with Gasteiger partial charge in [-0.05, 0) is 40.8 Å². The molecule has 3 amide bonds. The molecule has 2 aliphatic heterocycles. The minimum atomic E-state index is -0.765. The molecule has 3 N–H and O–H groups in total. The summed E-state index contributed by atoms with van der Waals surface area (Å²) in [7, 11) is 0. The van der Waals surface area contributed by atoms with Crippen molar-refractivity contribution in [2.45, 2.75) is 32.9 Å². The lowest BCUT2D eigenvalue weighted by atomic mass is 9.86. The fraction of sp³-hybridized carbons (Fsp3) is 0.375. The molecular formula is C24H27ClN4O3. The number of nitrogens with zero attached hydrogens (tertiary/aromatic N) is 2. The normalized spacial score (nSPS) is 19.6. The Morgan fingerprint density at radius 2 is 1.75 bits per heavy atom. The molecule has 0 aromatic heterocycles. The maximum atomic E-state index is 13.4. The van der Waals surface area contributed by atoms with Gasteiger partial charge in [0.2, 0.25) is 11.8 Å². The SMILES string of the molecule is CC(C)(C)[C@H](N)C(=O)N1CCN2C(=O)c3cc(-c4ccc(Cl)cc4)ccc3NC(=O)[C@@H]2C1. The van der Waals surface area contributed by atoms with Crippen molar-refractivity contribution < 1.29 is 14.4 Å². The van der Waals surface area contributed by atoms with Gasteiger partial charge in [0.05, 0.1) is 23.8 Å². The first-order valence-corrected chi connectivity index (χ1v) is 11.0. The van der Waals surface area contributed by atoms with Gasteiger partial charge in [0.25, 0.3) is 5.91 Å². The first-order chi connectivity index (χ1) is 15.1. The van der Waals surface area contributed by atoms with Gasteiger partial charge < -0.3 is 20.9 Å². The summed E-state index contributed by atoms with van der Waals surface area (Å²) in [5.41, 5.74) is 8.43. The van der Waals surface area contributed by atoms with Crippen LogP contribution in [0.5, 0.6) is 0 Å². The number of benzene rings is 2. The van der Waals surface area contributed by atoms with E-state index >= 15 is 0 Å². The summed E-state index contributed by atoms with van der Waals surface area (Å²) in [6.45, 7) is 6.44. The Kier molecular flexibility index (Phi) is 5.73. The number of amides is 3. The summed E-state index contributed by atoms with van der Waals surface area (Å²) in [5, 5.41) is 3.50. The highest BCUT2D eigenvalue weighted by atomic mass is 35.5. The van der Waals surface area contributed by atoms with E-state index in [1.807, 2.05) is 39.0 Å². The Morgan fingerprint density at radius 1 is 1.09 bits per heavy atom. The van der Waals surface area contributed by atoms with Crippen LogP contribution in [0.2, 0.25) is 5.02 Å². The van der Waals surface area contributed by atoms with Crippen LogP contribution < -0.4 is 11.1 Å². The summed E-state index contributed by atoms with van der Waals surface area (Å²) >= 11 is 5.99. The van der Waals surface area contributed by atoms with Crippen LogP contribution >= 0.6 is 11.6 Å². The van der Waals surface area contributed by atoms with E-state index in [1.165, 1.54) is 0 Å². The first kappa shape index (κ1) is 22.3. The molecule has 0 radical (unpaired) electrons. The molecule has 2 aliphatic rings. The van der Waals surface area contributed by atoms with Crippen LogP contribution in [0, 0.1) is 5.41 Å². The van der Waals surface area contributed by atoms with Crippen LogP contribution in [0.3, 0.4) is 0 Å². The van der Waals surface area contributed by atoms with Crippen LogP contribution in [0.15, 0.2) is 42.5 Å². The van der Waals surface area contributed by atoms with Gasteiger partial charge >= 0.3 is 0 Å². The van der Waals surface area contributed by atoms with E-state index in [9.17, 15) is 14.4 Å². The standard InChI is InChI=1S/C24H27ClN4O3/c1-24(2,3)20(26)23(32)28-10-11-29-19(13-28)21(30)27-18-9-6-15(12-17(18)22(29)31)14-4-7-16(25)8-5-14/h4-9,12,19-20H,10-11,13,26H2,1-3H3,(H,27,30)/t19-,20+/m0/s1. The van der Waals surface area contributed by atoms with E-state index in [4.69, 9.17) is 17.3 Å². The Bertz CT molecular complexity index is 1080. The van der Waals surface area contributed by atoms with Gasteiger partial charge in [-0.25, -0.2) is 0 Å². The lowest BCUT2D eigenvalue weighted by Gasteiger charge is -2.41. The number of halogens is 1. The van der Waals surface area contributed by atoms with Crippen molar-refractivity contribution in [3.63, 3.8) is 0 Å². The molecule has 168 valence electrons. The maximum absolute atomic E-state index is 13.4. The monoisotopic (exact) mass is 454 g/mol. The lowest BCUT2D eigenvalue weighted by Crippen LogP contribution is -2.62. The fourth-order valence-electron chi connectivity index (χ4n) is 4.04. The highest BCUT2D eigenvalue weighted by Gasteiger charge is 2.42. The first-order valence-electron chi connectivity index (χ1n) is 10.6. The molecule has 1 saturated heterocycles. The van der Waals surface area contributed by atoms with Gasteiger partial charge in [0, 0.05) is 18.1 Å². The zero-order chi connectivity index (χ0) is 23.2. The van der Waals surface area contributed by atoms with Crippen LogP contribution in [0.4, 0.5) is 5.69 Å². The van der Waals surface area contributed by atoms with Gasteiger partial charge in [0.1, 0.15) is 6.04 Å². The maximum Gasteiger partial charge on any atom is 0.256 e. The summed E-state index contributed by atoms with van der Waals surface area (Å²) in [6.07, 6.45) is 0. The lowest BCUT2D eigenvalue weighted by molar-refractivity contribution is -0.139. The molecule has 0 unspecified atom stereocenters. The summed E-state index contributed by atoms with van der Waals surface area (Å²) in [6, 6.07) is 11.3. The third-order valence-electron chi connectivity index (χ3n) is 6.14. The van der Waals surface area contributed by atoms with E-state index in [0.29, 0.717) is 22.8 Å². The highest BCUT2D eigenvalue weighted by Crippen LogP contribution is 2.31. The van der Waals surface area contributed by atoms with Crippen LogP contribution in [0.1, 0.15) is 31.1 Å². The Balaban J connectivity index is 1.61. The van der Waals surface area contributed by atoms with Crippen LogP contribution in [-0.4, -0.2) is 59.2 Å². The zero-order valence-electron chi connectivity index (χ0n) is 18.4. The summed E-state index contributed by atoms with van der Waals surface area (Å²) in [5.74, 6) is -0.742. The van der Waals surface area contributed by atoms with Crippen molar-refractivity contribution in [3.05, 3.63) is 53.1 Å². The number of anilines is 1. The van der Waals surface area contributed by atoms with Crippen molar-refractivity contribution in [1.29, 1.82) is 0 Å². The molecule has 7 nitrogen and oxygen atoms in total. The minimum Gasteiger partial charge on any atom is -0.337 e. The average Bonchev–Trinajstić information content (AvgIpc) is 2.86. The quantitative estimate of drug-likeness (QED) is 0.729. The van der Waals surface area contributed by atoms with E-state index in [2.05, 4.69) is 5.32 Å². The highest BCUT2D eigenvalue weighted by molar-refractivity contribution is 6.30. The van der Waals surface area contributed by atoms with E-state index in [0.717, 1.165) is 11.1 Å². The molecule has 1 fully saturated rings. The predicted molar refractivity (Wildman–Crippen MR) is 124 cm³/mol. The van der Waals surface area contributed by atoms with Gasteiger partial charge in [-0.2, -0.15) is 0 Å². The van der Waals surface area contributed by atoms with Crippen molar-refractivity contribution in [2.75, 3.05) is 25.0 Å². The minimum absolute atomic E-state index is 0.123. The number of piperazine rings is 1. The largest absolute Gasteiger partial charge is 0.337 e. The number of rotatable bonds is 2. The Hall–Kier alpha value is -2.90. The second-order valence-corrected chi connectivity index (χ2v) is 9.84. The van der Waals surface area contributed by atoms with Crippen molar-refractivity contribution in [2.24, 2.45) is 11.1 Å². The summed E-state index contributed by atoms with van der Waals surface area (Å²) < 4.78 is 0. The number of fused-ring (bicyclic) bond motifs is 2. The fourth-order valence-corrected chi connectivity index (χ4v) is 4.17. The van der Waals surface area contributed by atoms with E-state index in [-0.39, 0.29) is 30.8 Å². The van der Waals surface area contributed by atoms with Gasteiger partial charge in [-0.15, -0.1) is 0 Å². The topological polar surface area (TPSA) is 95.7 Å². The van der Waals surface area contributed by atoms with Gasteiger partial charge in [0.15, 0.2) is 0 Å². The van der Waals surface area contributed by atoms with E-state index in [1.54, 1.807) is 34.1 Å². The Labute approximate surface area is 192 Å². The number of nitrogens with one attached hydrogen (secondary N) is 1. The van der Waals surface area contributed by atoms with Gasteiger partial charge in [-0.1, -0.05) is 50.6 Å². The number of hydrogen-bond donors (Lipinski definition) is 2. The second-order valence-electron chi connectivity index (χ2n) is 9.40. The molecule has 0 bridgehead atoms. The number of nitrogens with two attached hydrogens (primary N) is 1. The molecule has 2 aromatic rings. The third-order valence-corrected chi connectivity index (χ3v) is 6.39. The molecule has 2 atom stereocenters. The number of carbonyl (C=O) groups excluding carboxylic acids is 3. The van der Waals surface area contributed by atoms with Crippen LogP contribution in [-0.2, 0) is 9.59 Å². The van der Waals surface area contributed by atoms with E-state index < -0.39 is 17.5 Å². The third kappa shape index (κ3) is 4.10. The van der Waals surface area contributed by atoms with Crippen molar-refractivity contribution in [1.82, 2.24) is 9.80 Å². The predicted octanol–water partition coefficient (Wildman–Crippen LogP) is 2.99. The zero-order valence-corrected chi connectivity index (χ0v) is 19.1. The number of carbonyl (C=O) groups is 3. The van der Waals surface area contributed by atoms with Crippen LogP contribution in [0.25, 0.3) is 11.1 Å². The molecule has 0 aliphatic carbocycles. The summed E-state index contributed by atoms with van der Waals surface area (Å²) in [4.78, 5) is 42.4. The Morgan fingerprint density at radius 3 is 2.41 bits per heavy atom. The van der Waals surface area contributed by atoms with Crippen molar-refractivity contribution in [3.8, 4) is 11.1 Å². The van der Waals surface area contributed by atoms with Gasteiger partial charge in [-0.3, -0.25) is 14.4 Å². The molecule has 2 aromatic carbocycles. The molecular weight excluding hydrogens is 428 g/mol. The molecule has 2 heterocycles. The molecule has 8 heteroatoms.